The minimum Gasteiger partial charge on any atom is -0.379 e. The third kappa shape index (κ3) is 6.45. The van der Waals surface area contributed by atoms with Gasteiger partial charge in [-0.2, -0.15) is 0 Å². The van der Waals surface area contributed by atoms with Gasteiger partial charge in [-0.15, -0.1) is 0 Å². The molecule has 32 heavy (non-hydrogen) atoms. The molecule has 0 atom stereocenters. The molecule has 0 radical (unpaired) electrons. The highest BCUT2D eigenvalue weighted by atomic mass is 35.5. The van der Waals surface area contributed by atoms with Crippen LogP contribution in [0.4, 0.5) is 10.1 Å². The molecule has 0 saturated carbocycles. The van der Waals surface area contributed by atoms with Crippen LogP contribution >= 0.6 is 35.0 Å². The Labute approximate surface area is 199 Å². The van der Waals surface area contributed by atoms with Gasteiger partial charge < -0.3 is 10.1 Å². The summed E-state index contributed by atoms with van der Waals surface area (Å²) in [6.45, 7) is 4.75. The Morgan fingerprint density at radius 3 is 2.69 bits per heavy atom. The average Bonchev–Trinajstić information content (AvgIpc) is 2.73. The third-order valence-corrected chi connectivity index (χ3v) is 5.84. The van der Waals surface area contributed by atoms with Crippen molar-refractivity contribution >= 4 is 57.5 Å². The van der Waals surface area contributed by atoms with Crippen molar-refractivity contribution < 1.29 is 13.9 Å². The molecule has 2 aromatic carbocycles. The number of ether oxygens (including phenoxy) is 1. The number of nitrogens with one attached hydrogen (secondary N) is 1. The van der Waals surface area contributed by atoms with Crippen molar-refractivity contribution in [1.29, 1.82) is 0 Å². The molecule has 0 aliphatic heterocycles. The molecule has 0 saturated heterocycles. The summed E-state index contributed by atoms with van der Waals surface area (Å²) in [6, 6.07) is 8.79. The lowest BCUT2D eigenvalue weighted by Gasteiger charge is -2.14. The highest BCUT2D eigenvalue weighted by Gasteiger charge is 2.15. The van der Waals surface area contributed by atoms with E-state index in [1.807, 2.05) is 13.8 Å². The smallest absolute Gasteiger partial charge is 0.262 e. The summed E-state index contributed by atoms with van der Waals surface area (Å²) in [7, 11) is 0. The number of rotatable bonds is 9. The number of carbonyl (C=O) groups excluding carboxylic acids is 1. The molecule has 170 valence electrons. The quantitative estimate of drug-likeness (QED) is 0.243. The fraction of sp³-hybridized carbons (Fsp3) is 0.318. The van der Waals surface area contributed by atoms with E-state index in [1.54, 1.807) is 18.2 Å². The van der Waals surface area contributed by atoms with Crippen LogP contribution in [0.2, 0.25) is 10.0 Å². The summed E-state index contributed by atoms with van der Waals surface area (Å²) in [5, 5.41) is 4.06. The zero-order valence-electron chi connectivity index (χ0n) is 17.5. The number of fused-ring (bicyclic) bond motifs is 1. The summed E-state index contributed by atoms with van der Waals surface area (Å²) in [4.78, 5) is 30.0. The van der Waals surface area contributed by atoms with Gasteiger partial charge in [-0.05, 0) is 56.7 Å². The van der Waals surface area contributed by atoms with E-state index in [1.165, 1.54) is 22.8 Å². The number of anilines is 1. The summed E-state index contributed by atoms with van der Waals surface area (Å²) >= 11 is 13.0. The number of aromatic nitrogens is 2. The Balaban J connectivity index is 1.81. The van der Waals surface area contributed by atoms with Crippen LogP contribution in [-0.4, -0.2) is 33.9 Å². The molecule has 3 rings (SSSR count). The summed E-state index contributed by atoms with van der Waals surface area (Å²) in [5.74, 6) is -1.12. The normalized spacial score (nSPS) is 11.3. The molecular weight excluding hydrogens is 476 g/mol. The maximum absolute atomic E-state index is 13.9. The predicted octanol–water partition coefficient (Wildman–Crippen LogP) is 5.39. The highest BCUT2D eigenvalue weighted by Crippen LogP contribution is 2.23. The van der Waals surface area contributed by atoms with Gasteiger partial charge in [-0.3, -0.25) is 14.2 Å². The van der Waals surface area contributed by atoms with E-state index in [4.69, 9.17) is 27.9 Å². The Hall–Kier alpha value is -2.13. The molecule has 0 fully saturated rings. The summed E-state index contributed by atoms with van der Waals surface area (Å²) < 4.78 is 21.0. The van der Waals surface area contributed by atoms with Crippen LogP contribution < -0.4 is 10.9 Å². The Morgan fingerprint density at radius 2 is 1.94 bits per heavy atom. The molecule has 0 aliphatic rings. The van der Waals surface area contributed by atoms with Crippen molar-refractivity contribution in [3.8, 4) is 0 Å². The average molecular weight is 498 g/mol. The Bertz CT molecular complexity index is 1190. The van der Waals surface area contributed by atoms with Crippen molar-refractivity contribution in [3.63, 3.8) is 0 Å². The van der Waals surface area contributed by atoms with Gasteiger partial charge in [0.05, 0.1) is 28.4 Å². The third-order valence-electron chi connectivity index (χ3n) is 4.39. The molecular formula is C22H22Cl2FN3O3S. The fourth-order valence-corrected chi connectivity index (χ4v) is 4.10. The molecule has 1 amide bonds. The minimum absolute atomic E-state index is 0.00965. The number of halogens is 3. The molecule has 6 nitrogen and oxygen atoms in total. The minimum atomic E-state index is -0.590. The lowest BCUT2D eigenvalue weighted by molar-refractivity contribution is -0.113. The molecule has 10 heteroatoms. The first-order valence-corrected chi connectivity index (χ1v) is 11.7. The summed E-state index contributed by atoms with van der Waals surface area (Å²) in [6.07, 6.45) is 0.694. The molecule has 0 bridgehead atoms. The van der Waals surface area contributed by atoms with Crippen molar-refractivity contribution in [1.82, 2.24) is 9.55 Å². The van der Waals surface area contributed by atoms with Gasteiger partial charge in [0.2, 0.25) is 5.91 Å². The van der Waals surface area contributed by atoms with Gasteiger partial charge in [0, 0.05) is 23.2 Å². The second kappa shape index (κ2) is 11.1. The van der Waals surface area contributed by atoms with Crippen LogP contribution in [0.5, 0.6) is 0 Å². The van der Waals surface area contributed by atoms with Gasteiger partial charge in [0.1, 0.15) is 5.82 Å². The van der Waals surface area contributed by atoms with E-state index in [0.29, 0.717) is 45.7 Å². The number of carbonyl (C=O) groups is 1. The van der Waals surface area contributed by atoms with E-state index < -0.39 is 11.7 Å². The van der Waals surface area contributed by atoms with Crippen molar-refractivity contribution in [2.75, 3.05) is 17.7 Å². The maximum Gasteiger partial charge on any atom is 0.262 e. The van der Waals surface area contributed by atoms with Gasteiger partial charge in [-0.25, -0.2) is 9.37 Å². The van der Waals surface area contributed by atoms with Crippen molar-refractivity contribution in [3.05, 3.63) is 62.6 Å². The first-order valence-electron chi connectivity index (χ1n) is 9.94. The van der Waals surface area contributed by atoms with Gasteiger partial charge in [0.15, 0.2) is 5.16 Å². The van der Waals surface area contributed by atoms with E-state index in [9.17, 15) is 14.0 Å². The number of hydrogen-bond acceptors (Lipinski definition) is 5. The van der Waals surface area contributed by atoms with Crippen molar-refractivity contribution in [2.45, 2.75) is 38.1 Å². The molecule has 0 spiro atoms. The van der Waals surface area contributed by atoms with Crippen LogP contribution in [0, 0.1) is 5.82 Å². The van der Waals surface area contributed by atoms with E-state index >= 15 is 0 Å². The standard InChI is InChI=1S/C22H22Cl2FN3O3S/c1-13(2)31-9-3-8-28-21(30)16-6-4-14(23)10-18(16)27-22(28)32-12-20(29)26-19-11-15(24)5-7-17(19)25/h4-7,10-11,13H,3,8-9,12H2,1-2H3,(H,26,29). The number of benzene rings is 2. The molecule has 1 aromatic heterocycles. The SMILES string of the molecule is CC(C)OCCCn1c(SCC(=O)Nc2cc(Cl)ccc2F)nc2cc(Cl)ccc2c1=O. The second-order valence-electron chi connectivity index (χ2n) is 7.25. The molecule has 0 aliphatic carbocycles. The predicted molar refractivity (Wildman–Crippen MR) is 127 cm³/mol. The number of amides is 1. The van der Waals surface area contributed by atoms with E-state index in [0.717, 1.165) is 11.8 Å². The van der Waals surface area contributed by atoms with Crippen LogP contribution in [0.1, 0.15) is 20.3 Å². The van der Waals surface area contributed by atoms with Gasteiger partial charge in [-0.1, -0.05) is 35.0 Å². The largest absolute Gasteiger partial charge is 0.379 e. The monoisotopic (exact) mass is 497 g/mol. The fourth-order valence-electron chi connectivity index (χ4n) is 2.93. The lowest BCUT2D eigenvalue weighted by atomic mass is 10.2. The Kier molecular flexibility index (Phi) is 8.53. The number of thioether (sulfide) groups is 1. The van der Waals surface area contributed by atoms with Crippen LogP contribution in [-0.2, 0) is 16.1 Å². The number of nitrogens with zero attached hydrogens (tertiary/aromatic N) is 2. The number of hydrogen-bond donors (Lipinski definition) is 1. The zero-order chi connectivity index (χ0) is 23.3. The zero-order valence-corrected chi connectivity index (χ0v) is 19.9. The first-order chi connectivity index (χ1) is 15.2. The Morgan fingerprint density at radius 1 is 1.22 bits per heavy atom. The van der Waals surface area contributed by atoms with Crippen LogP contribution in [0.15, 0.2) is 46.3 Å². The van der Waals surface area contributed by atoms with Gasteiger partial charge in [0.25, 0.3) is 5.56 Å². The second-order valence-corrected chi connectivity index (χ2v) is 9.06. The lowest BCUT2D eigenvalue weighted by Crippen LogP contribution is -2.25. The van der Waals surface area contributed by atoms with Crippen LogP contribution in [0.25, 0.3) is 10.9 Å². The first kappa shape index (κ1) is 24.5. The van der Waals surface area contributed by atoms with Crippen LogP contribution in [0.3, 0.4) is 0 Å². The molecule has 0 unspecified atom stereocenters. The molecule has 1 N–H and O–H groups in total. The molecule has 3 aromatic rings. The van der Waals surface area contributed by atoms with Gasteiger partial charge >= 0.3 is 0 Å². The topological polar surface area (TPSA) is 73.2 Å². The highest BCUT2D eigenvalue weighted by molar-refractivity contribution is 7.99. The molecule has 1 heterocycles. The van der Waals surface area contributed by atoms with Crippen molar-refractivity contribution in [2.24, 2.45) is 0 Å². The van der Waals surface area contributed by atoms with E-state index in [2.05, 4.69) is 10.3 Å². The summed E-state index contributed by atoms with van der Waals surface area (Å²) in [5.41, 5.74) is 0.213. The maximum atomic E-state index is 13.9. The van der Waals surface area contributed by atoms with E-state index in [-0.39, 0.29) is 23.1 Å².